The van der Waals surface area contributed by atoms with E-state index in [9.17, 15) is 14.5 Å². The van der Waals surface area contributed by atoms with E-state index in [0.717, 1.165) is 31.9 Å². The van der Waals surface area contributed by atoms with Gasteiger partial charge in [0, 0.05) is 24.9 Å². The van der Waals surface area contributed by atoms with Crippen molar-refractivity contribution in [1.82, 2.24) is 0 Å². The fourth-order valence-electron chi connectivity index (χ4n) is 2.03. The van der Waals surface area contributed by atoms with Crippen molar-refractivity contribution in [3.05, 3.63) is 34.1 Å². The minimum Gasteiger partial charge on any atom is -0.385 e. The van der Waals surface area contributed by atoms with Crippen molar-refractivity contribution in [3.8, 4) is 0 Å². The van der Waals surface area contributed by atoms with Gasteiger partial charge in [-0.25, -0.2) is 4.39 Å². The van der Waals surface area contributed by atoms with E-state index in [1.54, 1.807) is 0 Å². The molecular formula is C12H15FN2O3. The first-order valence-electron chi connectivity index (χ1n) is 5.95. The highest BCUT2D eigenvalue weighted by atomic mass is 19.1. The van der Waals surface area contributed by atoms with E-state index in [2.05, 4.69) is 5.32 Å². The van der Waals surface area contributed by atoms with Gasteiger partial charge in [-0.15, -0.1) is 0 Å². The highest BCUT2D eigenvalue weighted by molar-refractivity contribution is 5.51. The molecule has 5 nitrogen and oxygen atoms in total. The number of rotatable bonds is 5. The SMILES string of the molecule is O=[N+]([O-])c1cc(F)cc(NCCC2CCCO2)c1. The van der Waals surface area contributed by atoms with Crippen LogP contribution in [0.25, 0.3) is 0 Å². The predicted molar refractivity (Wildman–Crippen MR) is 65.1 cm³/mol. The highest BCUT2D eigenvalue weighted by Gasteiger charge is 2.15. The Bertz CT molecular complexity index is 433. The van der Waals surface area contributed by atoms with Gasteiger partial charge in [-0.2, -0.15) is 0 Å². The summed E-state index contributed by atoms with van der Waals surface area (Å²) >= 11 is 0. The second-order valence-electron chi connectivity index (χ2n) is 4.31. The molecule has 18 heavy (non-hydrogen) atoms. The normalized spacial score (nSPS) is 18.8. The van der Waals surface area contributed by atoms with Crippen LogP contribution in [0.4, 0.5) is 15.8 Å². The molecule has 1 aromatic carbocycles. The molecule has 1 atom stereocenters. The molecule has 2 rings (SSSR count). The van der Waals surface area contributed by atoms with Gasteiger partial charge in [0.2, 0.25) is 0 Å². The molecule has 0 radical (unpaired) electrons. The Morgan fingerprint density at radius 1 is 1.50 bits per heavy atom. The Morgan fingerprint density at radius 2 is 2.33 bits per heavy atom. The molecule has 0 spiro atoms. The molecule has 1 saturated heterocycles. The average Bonchev–Trinajstić information content (AvgIpc) is 2.81. The summed E-state index contributed by atoms with van der Waals surface area (Å²) in [7, 11) is 0. The molecule has 1 aliphatic heterocycles. The molecule has 0 bridgehead atoms. The lowest BCUT2D eigenvalue weighted by Crippen LogP contribution is -2.12. The van der Waals surface area contributed by atoms with Crippen LogP contribution >= 0.6 is 0 Å². The van der Waals surface area contributed by atoms with Crippen molar-refractivity contribution in [3.63, 3.8) is 0 Å². The number of nitro benzene ring substituents is 1. The van der Waals surface area contributed by atoms with Crippen LogP contribution in [-0.2, 0) is 4.74 Å². The van der Waals surface area contributed by atoms with Gasteiger partial charge in [0.05, 0.1) is 17.1 Å². The monoisotopic (exact) mass is 254 g/mol. The van der Waals surface area contributed by atoms with Crippen molar-refractivity contribution in [2.75, 3.05) is 18.5 Å². The molecule has 1 aromatic rings. The van der Waals surface area contributed by atoms with Gasteiger partial charge in [-0.05, 0) is 25.3 Å². The number of benzene rings is 1. The van der Waals surface area contributed by atoms with E-state index in [4.69, 9.17) is 4.74 Å². The van der Waals surface area contributed by atoms with E-state index in [0.29, 0.717) is 12.2 Å². The summed E-state index contributed by atoms with van der Waals surface area (Å²) in [5.74, 6) is -0.608. The third kappa shape index (κ3) is 3.40. The number of non-ortho nitro benzene ring substituents is 1. The standard InChI is InChI=1S/C12H15FN2O3/c13-9-6-10(8-11(7-9)15(16)17)14-4-3-12-2-1-5-18-12/h6-8,12,14H,1-5H2. The quantitative estimate of drug-likeness (QED) is 0.648. The van der Waals surface area contributed by atoms with Crippen LogP contribution in [0, 0.1) is 15.9 Å². The van der Waals surface area contributed by atoms with Gasteiger partial charge in [0.1, 0.15) is 5.82 Å². The lowest BCUT2D eigenvalue weighted by molar-refractivity contribution is -0.385. The van der Waals surface area contributed by atoms with Crippen LogP contribution in [0.2, 0.25) is 0 Å². The van der Waals surface area contributed by atoms with Gasteiger partial charge >= 0.3 is 0 Å². The van der Waals surface area contributed by atoms with E-state index in [1.807, 2.05) is 0 Å². The number of nitrogens with zero attached hydrogens (tertiary/aromatic N) is 1. The largest absolute Gasteiger partial charge is 0.385 e. The van der Waals surface area contributed by atoms with Crippen molar-refractivity contribution in [1.29, 1.82) is 0 Å². The number of ether oxygens (including phenoxy) is 1. The molecule has 0 amide bonds. The maximum atomic E-state index is 13.1. The first kappa shape index (κ1) is 12.8. The van der Waals surface area contributed by atoms with E-state index < -0.39 is 10.7 Å². The zero-order valence-electron chi connectivity index (χ0n) is 9.89. The molecular weight excluding hydrogens is 239 g/mol. The maximum Gasteiger partial charge on any atom is 0.274 e. The number of halogens is 1. The van der Waals surface area contributed by atoms with Crippen LogP contribution in [0.1, 0.15) is 19.3 Å². The summed E-state index contributed by atoms with van der Waals surface area (Å²) in [5.41, 5.74) is 0.189. The molecule has 1 heterocycles. The Labute approximate surface area is 104 Å². The summed E-state index contributed by atoms with van der Waals surface area (Å²) < 4.78 is 18.6. The van der Waals surface area contributed by atoms with Crippen molar-refractivity contribution in [2.45, 2.75) is 25.4 Å². The Kier molecular flexibility index (Phi) is 4.09. The van der Waals surface area contributed by atoms with Crippen molar-refractivity contribution < 1.29 is 14.1 Å². The molecule has 6 heteroatoms. The van der Waals surface area contributed by atoms with Crippen LogP contribution in [-0.4, -0.2) is 24.2 Å². The second kappa shape index (κ2) is 5.77. The molecule has 1 unspecified atom stereocenters. The van der Waals surface area contributed by atoms with Gasteiger partial charge in [-0.1, -0.05) is 0 Å². The lowest BCUT2D eigenvalue weighted by Gasteiger charge is -2.10. The van der Waals surface area contributed by atoms with Crippen LogP contribution in [0.3, 0.4) is 0 Å². The molecule has 1 N–H and O–H groups in total. The zero-order valence-corrected chi connectivity index (χ0v) is 9.89. The van der Waals surface area contributed by atoms with E-state index in [1.165, 1.54) is 12.1 Å². The molecule has 0 aromatic heterocycles. The van der Waals surface area contributed by atoms with Crippen LogP contribution in [0.15, 0.2) is 18.2 Å². The molecule has 1 aliphatic rings. The Hall–Kier alpha value is -1.69. The summed E-state index contributed by atoms with van der Waals surface area (Å²) in [4.78, 5) is 9.98. The minimum atomic E-state index is -0.608. The fraction of sp³-hybridized carbons (Fsp3) is 0.500. The predicted octanol–water partition coefficient (Wildman–Crippen LogP) is 2.71. The highest BCUT2D eigenvalue weighted by Crippen LogP contribution is 2.21. The van der Waals surface area contributed by atoms with Gasteiger partial charge < -0.3 is 10.1 Å². The van der Waals surface area contributed by atoms with Gasteiger partial charge in [0.25, 0.3) is 5.69 Å². The number of nitrogens with one attached hydrogen (secondary N) is 1. The molecule has 1 fully saturated rings. The summed E-state index contributed by atoms with van der Waals surface area (Å²) in [6, 6.07) is 3.49. The number of anilines is 1. The zero-order chi connectivity index (χ0) is 13.0. The summed E-state index contributed by atoms with van der Waals surface area (Å²) in [5, 5.41) is 13.6. The van der Waals surface area contributed by atoms with Gasteiger partial charge in [0.15, 0.2) is 0 Å². The molecule has 0 aliphatic carbocycles. The van der Waals surface area contributed by atoms with E-state index in [-0.39, 0.29) is 11.8 Å². The van der Waals surface area contributed by atoms with Crippen LogP contribution < -0.4 is 5.32 Å². The van der Waals surface area contributed by atoms with Crippen molar-refractivity contribution in [2.24, 2.45) is 0 Å². The summed E-state index contributed by atoms with van der Waals surface area (Å²) in [6.07, 6.45) is 3.20. The average molecular weight is 254 g/mol. The van der Waals surface area contributed by atoms with Crippen LogP contribution in [0.5, 0.6) is 0 Å². The number of hydrogen-bond donors (Lipinski definition) is 1. The topological polar surface area (TPSA) is 64.4 Å². The second-order valence-corrected chi connectivity index (χ2v) is 4.31. The Morgan fingerprint density at radius 3 is 3.00 bits per heavy atom. The first-order valence-corrected chi connectivity index (χ1v) is 5.95. The minimum absolute atomic E-state index is 0.241. The lowest BCUT2D eigenvalue weighted by atomic mass is 10.2. The van der Waals surface area contributed by atoms with Gasteiger partial charge in [-0.3, -0.25) is 10.1 Å². The first-order chi connectivity index (χ1) is 8.65. The number of nitro groups is 1. The maximum absolute atomic E-state index is 13.1. The molecule has 98 valence electrons. The third-order valence-electron chi connectivity index (χ3n) is 2.91. The van der Waals surface area contributed by atoms with E-state index >= 15 is 0 Å². The van der Waals surface area contributed by atoms with Crippen molar-refractivity contribution >= 4 is 11.4 Å². The third-order valence-corrected chi connectivity index (χ3v) is 2.91. The summed E-state index contributed by atoms with van der Waals surface area (Å²) in [6.45, 7) is 1.42. The Balaban J connectivity index is 1.89. The molecule has 0 saturated carbocycles. The smallest absolute Gasteiger partial charge is 0.274 e. The number of hydrogen-bond acceptors (Lipinski definition) is 4. The fourth-order valence-corrected chi connectivity index (χ4v) is 2.03.